The molecule has 0 bridgehead atoms. The van der Waals surface area contributed by atoms with Gasteiger partial charge in [0, 0.05) is 18.7 Å². The molecule has 0 heterocycles. The number of hydrogen-bond acceptors (Lipinski definition) is 2. The Morgan fingerprint density at radius 1 is 1.18 bits per heavy atom. The van der Waals surface area contributed by atoms with Crippen molar-refractivity contribution in [2.75, 3.05) is 13.2 Å². The zero-order valence-corrected chi connectivity index (χ0v) is 11.2. The van der Waals surface area contributed by atoms with Crippen LogP contribution in [0.1, 0.15) is 25.7 Å². The van der Waals surface area contributed by atoms with Crippen LogP contribution < -0.4 is 10.1 Å². The summed E-state index contributed by atoms with van der Waals surface area (Å²) < 4.78 is 5.60. The van der Waals surface area contributed by atoms with Crippen LogP contribution in [0.15, 0.2) is 18.2 Å². The first kappa shape index (κ1) is 13.0. The molecule has 0 spiro atoms. The fraction of sp³-hybridized carbons (Fsp3) is 0.538. The minimum Gasteiger partial charge on any atom is -0.492 e. The largest absolute Gasteiger partial charge is 0.492 e. The first-order valence-electron chi connectivity index (χ1n) is 6.07. The van der Waals surface area contributed by atoms with Crippen LogP contribution in [0.5, 0.6) is 5.75 Å². The van der Waals surface area contributed by atoms with Crippen LogP contribution in [0, 0.1) is 0 Å². The maximum absolute atomic E-state index is 5.90. The Labute approximate surface area is 112 Å². The molecule has 0 aromatic heterocycles. The van der Waals surface area contributed by atoms with E-state index in [9.17, 15) is 0 Å². The lowest BCUT2D eigenvalue weighted by molar-refractivity contribution is 0.305. The Hall–Kier alpha value is -0.440. The third kappa shape index (κ3) is 4.06. The molecule has 94 valence electrons. The van der Waals surface area contributed by atoms with Crippen molar-refractivity contribution in [3.63, 3.8) is 0 Å². The van der Waals surface area contributed by atoms with Crippen LogP contribution in [-0.4, -0.2) is 19.2 Å². The third-order valence-electron chi connectivity index (χ3n) is 3.05. The normalized spacial score (nSPS) is 16.4. The van der Waals surface area contributed by atoms with Gasteiger partial charge in [0.05, 0.1) is 10.0 Å². The maximum atomic E-state index is 5.90. The van der Waals surface area contributed by atoms with Crippen molar-refractivity contribution >= 4 is 23.2 Å². The van der Waals surface area contributed by atoms with E-state index in [1.54, 1.807) is 12.1 Å². The van der Waals surface area contributed by atoms with E-state index in [0.29, 0.717) is 22.7 Å². The Morgan fingerprint density at radius 2 is 1.94 bits per heavy atom. The molecular formula is C13H17Cl2NO. The third-order valence-corrected chi connectivity index (χ3v) is 3.79. The van der Waals surface area contributed by atoms with Crippen molar-refractivity contribution in [3.05, 3.63) is 28.2 Å². The Bertz CT molecular complexity index is 364. The molecule has 0 aliphatic heterocycles. The first-order chi connectivity index (χ1) is 8.25. The predicted molar refractivity (Wildman–Crippen MR) is 72.2 cm³/mol. The van der Waals surface area contributed by atoms with Crippen LogP contribution in [0.3, 0.4) is 0 Å². The van der Waals surface area contributed by atoms with Gasteiger partial charge in [-0.15, -0.1) is 0 Å². The van der Waals surface area contributed by atoms with Gasteiger partial charge in [0.25, 0.3) is 0 Å². The molecule has 1 aliphatic rings. The summed E-state index contributed by atoms with van der Waals surface area (Å²) in [4.78, 5) is 0. The van der Waals surface area contributed by atoms with E-state index in [2.05, 4.69) is 5.32 Å². The Kier molecular flexibility index (Phi) is 4.96. The van der Waals surface area contributed by atoms with E-state index in [1.807, 2.05) is 6.07 Å². The molecule has 1 aromatic carbocycles. The van der Waals surface area contributed by atoms with Crippen molar-refractivity contribution in [2.24, 2.45) is 0 Å². The molecule has 0 saturated heterocycles. The molecule has 1 aromatic rings. The van der Waals surface area contributed by atoms with Gasteiger partial charge in [-0.25, -0.2) is 0 Å². The first-order valence-corrected chi connectivity index (χ1v) is 6.82. The zero-order valence-electron chi connectivity index (χ0n) is 9.72. The molecule has 2 rings (SSSR count). The summed E-state index contributed by atoms with van der Waals surface area (Å²) in [5, 5.41) is 4.59. The second kappa shape index (κ2) is 6.48. The monoisotopic (exact) mass is 273 g/mol. The Morgan fingerprint density at radius 3 is 2.65 bits per heavy atom. The van der Waals surface area contributed by atoms with Crippen LogP contribution in [0.4, 0.5) is 0 Å². The van der Waals surface area contributed by atoms with Gasteiger partial charge in [-0.3, -0.25) is 0 Å². The van der Waals surface area contributed by atoms with E-state index < -0.39 is 0 Å². The summed E-state index contributed by atoms with van der Waals surface area (Å²) in [5.74, 6) is 0.771. The standard InChI is InChI=1S/C13H17Cl2NO/c14-12-6-5-11(9-13(12)15)17-8-7-16-10-3-1-2-4-10/h5-6,9-10,16H,1-4,7-8H2. The summed E-state index contributed by atoms with van der Waals surface area (Å²) in [6.45, 7) is 1.54. The average molecular weight is 274 g/mol. The molecule has 0 atom stereocenters. The molecule has 0 unspecified atom stereocenters. The van der Waals surface area contributed by atoms with Crippen LogP contribution >= 0.6 is 23.2 Å². The number of nitrogens with one attached hydrogen (secondary N) is 1. The maximum Gasteiger partial charge on any atom is 0.120 e. The van der Waals surface area contributed by atoms with E-state index >= 15 is 0 Å². The summed E-state index contributed by atoms with van der Waals surface area (Å²) in [6, 6.07) is 6.03. The minimum absolute atomic E-state index is 0.535. The highest BCUT2D eigenvalue weighted by atomic mass is 35.5. The number of ether oxygens (including phenoxy) is 1. The molecule has 1 aliphatic carbocycles. The van der Waals surface area contributed by atoms with Crippen molar-refractivity contribution in [3.8, 4) is 5.75 Å². The van der Waals surface area contributed by atoms with Crippen molar-refractivity contribution in [1.82, 2.24) is 5.32 Å². The number of hydrogen-bond donors (Lipinski definition) is 1. The topological polar surface area (TPSA) is 21.3 Å². The summed E-state index contributed by atoms with van der Waals surface area (Å²) >= 11 is 11.7. The molecule has 1 saturated carbocycles. The Balaban J connectivity index is 1.68. The van der Waals surface area contributed by atoms with Gasteiger partial charge in [0.2, 0.25) is 0 Å². The number of benzene rings is 1. The van der Waals surface area contributed by atoms with E-state index in [0.717, 1.165) is 12.3 Å². The minimum atomic E-state index is 0.535. The van der Waals surface area contributed by atoms with Crippen LogP contribution in [0.2, 0.25) is 10.0 Å². The second-order valence-corrected chi connectivity index (χ2v) is 5.17. The van der Waals surface area contributed by atoms with E-state index in [4.69, 9.17) is 27.9 Å². The molecule has 1 N–H and O–H groups in total. The van der Waals surface area contributed by atoms with Crippen molar-refractivity contribution in [1.29, 1.82) is 0 Å². The fourth-order valence-corrected chi connectivity index (χ4v) is 2.42. The van der Waals surface area contributed by atoms with Gasteiger partial charge in [-0.05, 0) is 25.0 Å². The lowest BCUT2D eigenvalue weighted by atomic mass is 10.2. The molecule has 17 heavy (non-hydrogen) atoms. The smallest absolute Gasteiger partial charge is 0.120 e. The predicted octanol–water partition coefficient (Wildman–Crippen LogP) is 3.90. The van der Waals surface area contributed by atoms with Gasteiger partial charge in [0.1, 0.15) is 12.4 Å². The highest BCUT2D eigenvalue weighted by Gasteiger charge is 2.13. The van der Waals surface area contributed by atoms with E-state index in [1.165, 1.54) is 25.7 Å². The van der Waals surface area contributed by atoms with Gasteiger partial charge in [0.15, 0.2) is 0 Å². The highest BCUT2D eigenvalue weighted by Crippen LogP contribution is 2.26. The molecule has 2 nitrogen and oxygen atoms in total. The summed E-state index contributed by atoms with van der Waals surface area (Å²) in [7, 11) is 0. The van der Waals surface area contributed by atoms with Crippen LogP contribution in [0.25, 0.3) is 0 Å². The lowest BCUT2D eigenvalue weighted by Crippen LogP contribution is -2.30. The van der Waals surface area contributed by atoms with Gasteiger partial charge in [-0.1, -0.05) is 36.0 Å². The van der Waals surface area contributed by atoms with Crippen LogP contribution in [-0.2, 0) is 0 Å². The lowest BCUT2D eigenvalue weighted by Gasteiger charge is -2.12. The zero-order chi connectivity index (χ0) is 12.1. The summed E-state index contributed by atoms with van der Waals surface area (Å²) in [6.07, 6.45) is 5.30. The molecule has 0 radical (unpaired) electrons. The molecule has 0 amide bonds. The van der Waals surface area contributed by atoms with E-state index in [-0.39, 0.29) is 0 Å². The summed E-state index contributed by atoms with van der Waals surface area (Å²) in [5.41, 5.74) is 0. The second-order valence-electron chi connectivity index (χ2n) is 4.36. The molecular weight excluding hydrogens is 257 g/mol. The number of halogens is 2. The van der Waals surface area contributed by atoms with Gasteiger partial charge < -0.3 is 10.1 Å². The van der Waals surface area contributed by atoms with Gasteiger partial charge in [-0.2, -0.15) is 0 Å². The average Bonchev–Trinajstić information content (AvgIpc) is 2.82. The van der Waals surface area contributed by atoms with Crippen molar-refractivity contribution in [2.45, 2.75) is 31.7 Å². The molecule has 1 fully saturated rings. The fourth-order valence-electron chi connectivity index (χ4n) is 2.13. The SMILES string of the molecule is Clc1ccc(OCCNC2CCCC2)cc1Cl. The van der Waals surface area contributed by atoms with Crippen molar-refractivity contribution < 1.29 is 4.74 Å². The highest BCUT2D eigenvalue weighted by molar-refractivity contribution is 6.42. The quantitative estimate of drug-likeness (QED) is 0.822. The van der Waals surface area contributed by atoms with Gasteiger partial charge >= 0.3 is 0 Å². The number of rotatable bonds is 5. The molecule has 4 heteroatoms.